The van der Waals surface area contributed by atoms with Gasteiger partial charge in [0.2, 0.25) is 0 Å². The van der Waals surface area contributed by atoms with Crippen molar-refractivity contribution in [1.29, 1.82) is 0 Å². The van der Waals surface area contributed by atoms with Gasteiger partial charge in [0.1, 0.15) is 23.4 Å². The van der Waals surface area contributed by atoms with Crippen molar-refractivity contribution >= 4 is 0 Å². The van der Waals surface area contributed by atoms with Crippen LogP contribution in [-0.4, -0.2) is 18.8 Å². The second-order valence-corrected chi connectivity index (χ2v) is 6.34. The van der Waals surface area contributed by atoms with Gasteiger partial charge in [0.15, 0.2) is 5.69 Å². The van der Waals surface area contributed by atoms with Crippen LogP contribution >= 0.6 is 0 Å². The molecule has 2 aromatic carbocycles. The van der Waals surface area contributed by atoms with Crippen LogP contribution in [0.25, 0.3) is 16.9 Å². The molecule has 0 saturated heterocycles. The van der Waals surface area contributed by atoms with Crippen molar-refractivity contribution < 1.29 is 14.0 Å². The lowest BCUT2D eigenvalue weighted by molar-refractivity contribution is -0.698. The Morgan fingerprint density at radius 3 is 2.12 bits per heavy atom. The molecule has 128 valence electrons. The van der Waals surface area contributed by atoms with Gasteiger partial charge in [0, 0.05) is 12.0 Å². The van der Waals surface area contributed by atoms with Crippen molar-refractivity contribution in [2.45, 2.75) is 25.8 Å². The predicted octanol–water partition coefficient (Wildman–Crippen LogP) is 3.79. The highest BCUT2D eigenvalue weighted by Gasteiger charge is 2.27. The van der Waals surface area contributed by atoms with Crippen molar-refractivity contribution in [2.24, 2.45) is 0 Å². The van der Waals surface area contributed by atoms with Crippen LogP contribution in [0.5, 0.6) is 11.5 Å². The summed E-state index contributed by atoms with van der Waals surface area (Å²) in [7, 11) is 3.40. The zero-order valence-corrected chi connectivity index (χ0v) is 14.7. The fourth-order valence-electron chi connectivity index (χ4n) is 3.55. The third-order valence-corrected chi connectivity index (χ3v) is 4.90. The Hall–Kier alpha value is -2.75. The molecule has 1 aliphatic heterocycles. The molecule has 0 amide bonds. The lowest BCUT2D eigenvalue weighted by atomic mass is 10.1. The van der Waals surface area contributed by atoms with Crippen molar-refractivity contribution in [3.8, 4) is 28.4 Å². The van der Waals surface area contributed by atoms with E-state index >= 15 is 0 Å². The monoisotopic (exact) mass is 335 g/mol. The van der Waals surface area contributed by atoms with E-state index in [0.29, 0.717) is 0 Å². The standard InChI is InChI=1S/C21H23N2O2/c1-24-18-10-6-16(7-11-18)20-15-23(21-5-3-4-14-22(20)21)17-8-12-19(25-2)13-9-17/h6-13,15H,3-5,14H2,1-2H3/q+1. The Morgan fingerprint density at radius 1 is 0.840 bits per heavy atom. The minimum absolute atomic E-state index is 0.882. The van der Waals surface area contributed by atoms with Crippen LogP contribution in [0, 0.1) is 0 Å². The van der Waals surface area contributed by atoms with Gasteiger partial charge < -0.3 is 9.47 Å². The smallest absolute Gasteiger partial charge is 0.262 e. The highest BCUT2D eigenvalue weighted by Crippen LogP contribution is 2.26. The topological polar surface area (TPSA) is 27.3 Å². The number of methoxy groups -OCH3 is 2. The summed E-state index contributed by atoms with van der Waals surface area (Å²) < 4.78 is 15.3. The molecule has 1 aromatic heterocycles. The first-order valence-electron chi connectivity index (χ1n) is 8.73. The van der Waals surface area contributed by atoms with Crippen LogP contribution in [0.2, 0.25) is 0 Å². The number of aromatic nitrogens is 2. The van der Waals surface area contributed by atoms with E-state index in [4.69, 9.17) is 9.47 Å². The zero-order chi connectivity index (χ0) is 17.2. The maximum atomic E-state index is 5.29. The molecule has 4 rings (SSSR count). The zero-order valence-electron chi connectivity index (χ0n) is 14.7. The molecule has 0 fully saturated rings. The molecule has 4 nitrogen and oxygen atoms in total. The number of ether oxygens (including phenoxy) is 2. The minimum atomic E-state index is 0.882. The third-order valence-electron chi connectivity index (χ3n) is 4.90. The minimum Gasteiger partial charge on any atom is -0.497 e. The van der Waals surface area contributed by atoms with Crippen LogP contribution in [0.15, 0.2) is 54.7 Å². The lowest BCUT2D eigenvalue weighted by Crippen LogP contribution is -2.42. The summed E-state index contributed by atoms with van der Waals surface area (Å²) in [6.07, 6.45) is 5.82. The predicted molar refractivity (Wildman–Crippen MR) is 97.4 cm³/mol. The highest BCUT2D eigenvalue weighted by atomic mass is 16.5. The van der Waals surface area contributed by atoms with Gasteiger partial charge in [-0.25, -0.2) is 4.57 Å². The number of hydrogen-bond acceptors (Lipinski definition) is 2. The first-order valence-corrected chi connectivity index (χ1v) is 8.73. The van der Waals surface area contributed by atoms with E-state index < -0.39 is 0 Å². The summed E-state index contributed by atoms with van der Waals surface area (Å²) in [4.78, 5) is 0. The fourth-order valence-corrected chi connectivity index (χ4v) is 3.55. The molecule has 0 N–H and O–H groups in total. The average molecular weight is 335 g/mol. The van der Waals surface area contributed by atoms with Gasteiger partial charge >= 0.3 is 0 Å². The number of hydrogen-bond donors (Lipinski definition) is 0. The SMILES string of the molecule is COc1ccc(-c2cn(-c3ccc(OC)cc3)c3[n+]2CCCC3)cc1. The molecule has 4 heteroatoms. The third kappa shape index (κ3) is 2.88. The number of imidazole rings is 1. The average Bonchev–Trinajstić information content (AvgIpc) is 3.08. The molecule has 25 heavy (non-hydrogen) atoms. The van der Waals surface area contributed by atoms with Gasteiger partial charge in [0.05, 0.1) is 20.8 Å². The van der Waals surface area contributed by atoms with Crippen molar-refractivity contribution in [2.75, 3.05) is 14.2 Å². The molecule has 1 aliphatic rings. The molecular formula is C21H23N2O2+. The summed E-state index contributed by atoms with van der Waals surface area (Å²) in [6.45, 7) is 1.07. The Kier molecular flexibility index (Phi) is 4.18. The highest BCUT2D eigenvalue weighted by molar-refractivity contribution is 5.58. The maximum Gasteiger partial charge on any atom is 0.262 e. The van der Waals surface area contributed by atoms with Crippen molar-refractivity contribution in [3.63, 3.8) is 0 Å². The first-order chi connectivity index (χ1) is 12.3. The Bertz CT molecular complexity index is 792. The van der Waals surface area contributed by atoms with E-state index in [9.17, 15) is 0 Å². The van der Waals surface area contributed by atoms with E-state index in [1.165, 1.54) is 35.6 Å². The Labute approximate surface area is 148 Å². The fraction of sp³-hybridized carbons (Fsp3) is 0.286. The van der Waals surface area contributed by atoms with Gasteiger partial charge in [-0.05, 0) is 61.4 Å². The quantitative estimate of drug-likeness (QED) is 0.679. The Balaban J connectivity index is 1.81. The van der Waals surface area contributed by atoms with Crippen LogP contribution in [0.3, 0.4) is 0 Å². The molecule has 0 aliphatic carbocycles. The number of fused-ring (bicyclic) bond motifs is 1. The molecule has 0 atom stereocenters. The van der Waals surface area contributed by atoms with E-state index in [1.54, 1.807) is 14.2 Å². The largest absolute Gasteiger partial charge is 0.497 e. The van der Waals surface area contributed by atoms with Gasteiger partial charge in [-0.1, -0.05) is 0 Å². The normalized spacial score (nSPS) is 13.4. The Morgan fingerprint density at radius 2 is 1.48 bits per heavy atom. The molecule has 0 spiro atoms. The van der Waals surface area contributed by atoms with Crippen LogP contribution in [0.4, 0.5) is 0 Å². The molecule has 3 aromatic rings. The molecule has 0 bridgehead atoms. The maximum absolute atomic E-state index is 5.29. The number of nitrogens with zero attached hydrogens (tertiary/aromatic N) is 2. The molecule has 2 heterocycles. The molecule has 0 unspecified atom stereocenters. The van der Waals surface area contributed by atoms with E-state index in [2.05, 4.69) is 39.6 Å². The number of rotatable bonds is 4. The molecule has 0 radical (unpaired) electrons. The number of benzene rings is 2. The summed E-state index contributed by atoms with van der Waals surface area (Å²) in [5.41, 5.74) is 3.65. The van der Waals surface area contributed by atoms with Crippen molar-refractivity contribution in [1.82, 2.24) is 4.57 Å². The van der Waals surface area contributed by atoms with Gasteiger partial charge in [-0.3, -0.25) is 0 Å². The molecular weight excluding hydrogens is 312 g/mol. The van der Waals surface area contributed by atoms with E-state index in [-0.39, 0.29) is 0 Å². The van der Waals surface area contributed by atoms with Gasteiger partial charge in [-0.15, -0.1) is 0 Å². The van der Waals surface area contributed by atoms with Gasteiger partial charge in [0.25, 0.3) is 5.82 Å². The van der Waals surface area contributed by atoms with E-state index in [1.807, 2.05) is 24.3 Å². The summed E-state index contributed by atoms with van der Waals surface area (Å²) in [5, 5.41) is 0. The lowest BCUT2D eigenvalue weighted by Gasteiger charge is -2.11. The van der Waals surface area contributed by atoms with Crippen LogP contribution in [-0.2, 0) is 13.0 Å². The summed E-state index contributed by atoms with van der Waals surface area (Å²) in [5.74, 6) is 3.13. The second-order valence-electron chi connectivity index (χ2n) is 6.34. The first kappa shape index (κ1) is 15.8. The molecule has 0 saturated carbocycles. The van der Waals surface area contributed by atoms with Crippen molar-refractivity contribution in [3.05, 3.63) is 60.6 Å². The van der Waals surface area contributed by atoms with E-state index in [0.717, 1.165) is 24.5 Å². The summed E-state index contributed by atoms with van der Waals surface area (Å²) in [6, 6.07) is 16.6. The second kappa shape index (κ2) is 6.63. The summed E-state index contributed by atoms with van der Waals surface area (Å²) >= 11 is 0. The van der Waals surface area contributed by atoms with Crippen LogP contribution < -0.4 is 14.0 Å². The van der Waals surface area contributed by atoms with Gasteiger partial charge in [-0.2, -0.15) is 4.57 Å². The van der Waals surface area contributed by atoms with Crippen LogP contribution in [0.1, 0.15) is 18.7 Å².